The van der Waals surface area contributed by atoms with E-state index in [-0.39, 0.29) is 5.91 Å². The normalized spacial score (nSPS) is 16.2. The van der Waals surface area contributed by atoms with Gasteiger partial charge in [0.1, 0.15) is 5.69 Å². The molecule has 4 rings (SSSR count). The van der Waals surface area contributed by atoms with Gasteiger partial charge in [-0.25, -0.2) is 4.98 Å². The number of para-hydroxylation sites is 1. The number of pyridine rings is 1. The Morgan fingerprint density at radius 1 is 1.12 bits per heavy atom. The Morgan fingerprint density at radius 3 is 2.85 bits per heavy atom. The van der Waals surface area contributed by atoms with Crippen LogP contribution in [0.2, 0.25) is 0 Å². The molecule has 1 aliphatic carbocycles. The minimum Gasteiger partial charge on any atom is -0.383 e. The zero-order chi connectivity index (χ0) is 17.8. The average Bonchev–Trinajstić information content (AvgIpc) is 3.13. The fourth-order valence-corrected chi connectivity index (χ4v) is 3.81. The van der Waals surface area contributed by atoms with Crippen LogP contribution in [0.3, 0.4) is 0 Å². The summed E-state index contributed by atoms with van der Waals surface area (Å²) >= 11 is 0. The molecule has 0 atom stereocenters. The first kappa shape index (κ1) is 16.8. The van der Waals surface area contributed by atoms with Crippen LogP contribution in [0.5, 0.6) is 0 Å². The van der Waals surface area contributed by atoms with E-state index in [1.165, 1.54) is 31.2 Å². The quantitative estimate of drug-likeness (QED) is 0.805. The predicted octanol–water partition coefficient (Wildman–Crippen LogP) is 4.59. The lowest BCUT2D eigenvalue weighted by Gasteiger charge is -2.17. The molecule has 134 valence electrons. The van der Waals surface area contributed by atoms with E-state index in [0.29, 0.717) is 5.69 Å². The summed E-state index contributed by atoms with van der Waals surface area (Å²) in [6.07, 6.45) is 11.3. The van der Waals surface area contributed by atoms with Crippen molar-refractivity contribution in [2.24, 2.45) is 0 Å². The summed E-state index contributed by atoms with van der Waals surface area (Å²) in [7, 11) is 0. The molecule has 0 saturated carbocycles. The van der Waals surface area contributed by atoms with E-state index in [9.17, 15) is 4.79 Å². The van der Waals surface area contributed by atoms with Gasteiger partial charge < -0.3 is 10.2 Å². The summed E-state index contributed by atoms with van der Waals surface area (Å²) in [5, 5.41) is 3.42. The van der Waals surface area contributed by atoms with Crippen LogP contribution < -0.4 is 10.2 Å². The molecule has 4 nitrogen and oxygen atoms in total. The molecule has 1 aliphatic heterocycles. The lowest BCUT2D eigenvalue weighted by molar-refractivity contribution is 0.0984. The van der Waals surface area contributed by atoms with E-state index in [1.807, 2.05) is 35.2 Å². The van der Waals surface area contributed by atoms with Gasteiger partial charge in [-0.1, -0.05) is 29.8 Å². The van der Waals surface area contributed by atoms with Crippen molar-refractivity contribution in [1.82, 2.24) is 4.98 Å². The molecule has 1 N–H and O–H groups in total. The van der Waals surface area contributed by atoms with Crippen LogP contribution in [0.4, 0.5) is 11.4 Å². The van der Waals surface area contributed by atoms with Gasteiger partial charge in [0.25, 0.3) is 5.91 Å². The summed E-state index contributed by atoms with van der Waals surface area (Å²) in [5.41, 5.74) is 5.29. The maximum absolute atomic E-state index is 12.8. The van der Waals surface area contributed by atoms with Crippen molar-refractivity contribution in [3.63, 3.8) is 0 Å². The van der Waals surface area contributed by atoms with Gasteiger partial charge in [-0.15, -0.1) is 0 Å². The monoisotopic (exact) mass is 347 g/mol. The Morgan fingerprint density at radius 2 is 2.04 bits per heavy atom. The molecule has 0 fully saturated rings. The maximum atomic E-state index is 12.8. The number of rotatable bonds is 5. The topological polar surface area (TPSA) is 45.2 Å². The van der Waals surface area contributed by atoms with Crippen LogP contribution >= 0.6 is 0 Å². The highest BCUT2D eigenvalue weighted by Crippen LogP contribution is 2.28. The first-order valence-corrected chi connectivity index (χ1v) is 9.59. The van der Waals surface area contributed by atoms with Crippen molar-refractivity contribution in [3.05, 3.63) is 65.5 Å². The van der Waals surface area contributed by atoms with Gasteiger partial charge in [-0.2, -0.15) is 0 Å². The molecule has 26 heavy (non-hydrogen) atoms. The summed E-state index contributed by atoms with van der Waals surface area (Å²) in [6.45, 7) is 1.65. The van der Waals surface area contributed by atoms with Crippen molar-refractivity contribution in [2.45, 2.75) is 38.5 Å². The van der Waals surface area contributed by atoms with E-state index < -0.39 is 0 Å². The highest BCUT2D eigenvalue weighted by atomic mass is 16.2. The zero-order valence-corrected chi connectivity index (χ0v) is 15.1. The average molecular weight is 347 g/mol. The van der Waals surface area contributed by atoms with Crippen LogP contribution in [0, 0.1) is 0 Å². The Hall–Kier alpha value is -2.62. The van der Waals surface area contributed by atoms with E-state index >= 15 is 0 Å². The molecule has 0 bridgehead atoms. The third-order valence-electron chi connectivity index (χ3n) is 5.28. The van der Waals surface area contributed by atoms with Crippen molar-refractivity contribution >= 4 is 17.3 Å². The molecule has 1 aromatic carbocycles. The molecular weight excluding hydrogens is 322 g/mol. The Labute approximate surface area is 154 Å². The summed E-state index contributed by atoms with van der Waals surface area (Å²) in [6, 6.07) is 11.9. The van der Waals surface area contributed by atoms with Crippen LogP contribution in [0.15, 0.2) is 54.2 Å². The van der Waals surface area contributed by atoms with Crippen molar-refractivity contribution in [2.75, 3.05) is 23.3 Å². The Bertz CT molecular complexity index is 810. The van der Waals surface area contributed by atoms with E-state index in [0.717, 1.165) is 37.3 Å². The number of nitrogens with one attached hydrogen (secondary N) is 1. The fourth-order valence-electron chi connectivity index (χ4n) is 3.81. The van der Waals surface area contributed by atoms with Crippen LogP contribution in [-0.4, -0.2) is 24.0 Å². The molecular formula is C22H25N3O. The fraction of sp³-hybridized carbons (Fsp3) is 0.364. The van der Waals surface area contributed by atoms with Gasteiger partial charge in [0.05, 0.1) is 11.9 Å². The SMILES string of the molecule is O=C(c1ccc(NCCC2=CCCCC2)cn1)N1CCc2ccccc21. The van der Waals surface area contributed by atoms with E-state index in [2.05, 4.69) is 22.4 Å². The molecule has 2 aromatic rings. The molecule has 4 heteroatoms. The highest BCUT2D eigenvalue weighted by Gasteiger charge is 2.25. The van der Waals surface area contributed by atoms with Gasteiger partial charge >= 0.3 is 0 Å². The van der Waals surface area contributed by atoms with Crippen molar-refractivity contribution < 1.29 is 4.79 Å². The number of amides is 1. The first-order valence-electron chi connectivity index (χ1n) is 9.59. The Kier molecular flexibility index (Phi) is 5.00. The second kappa shape index (κ2) is 7.73. The van der Waals surface area contributed by atoms with Crippen LogP contribution in [-0.2, 0) is 6.42 Å². The highest BCUT2D eigenvalue weighted by molar-refractivity contribution is 6.06. The number of hydrogen-bond acceptors (Lipinski definition) is 3. The van der Waals surface area contributed by atoms with Gasteiger partial charge in [0.15, 0.2) is 0 Å². The summed E-state index contributed by atoms with van der Waals surface area (Å²) in [4.78, 5) is 19.0. The summed E-state index contributed by atoms with van der Waals surface area (Å²) < 4.78 is 0. The predicted molar refractivity (Wildman–Crippen MR) is 106 cm³/mol. The standard InChI is InChI=1S/C22H25N3O/c26-22(25-15-13-18-8-4-5-9-21(18)25)20-11-10-19(16-24-20)23-14-12-17-6-2-1-3-7-17/h4-6,8-11,16,23H,1-3,7,12-15H2. The first-order chi connectivity index (χ1) is 12.8. The molecule has 0 saturated heterocycles. The van der Waals surface area contributed by atoms with Crippen LogP contribution in [0.1, 0.15) is 48.2 Å². The molecule has 2 aliphatic rings. The Balaban J connectivity index is 1.35. The minimum absolute atomic E-state index is 0.0196. The molecule has 1 aromatic heterocycles. The number of allylic oxidation sites excluding steroid dienone is 1. The largest absolute Gasteiger partial charge is 0.383 e. The number of aromatic nitrogens is 1. The lowest BCUT2D eigenvalue weighted by atomic mass is 9.97. The second-order valence-corrected chi connectivity index (χ2v) is 7.05. The molecule has 0 unspecified atom stereocenters. The molecule has 1 amide bonds. The van der Waals surface area contributed by atoms with Gasteiger partial charge in [-0.3, -0.25) is 4.79 Å². The maximum Gasteiger partial charge on any atom is 0.276 e. The second-order valence-electron chi connectivity index (χ2n) is 7.05. The van der Waals surface area contributed by atoms with Crippen molar-refractivity contribution in [3.8, 4) is 0 Å². The number of carbonyl (C=O) groups is 1. The molecule has 2 heterocycles. The number of anilines is 2. The molecule has 0 radical (unpaired) electrons. The van der Waals surface area contributed by atoms with Gasteiger partial charge in [0.2, 0.25) is 0 Å². The van der Waals surface area contributed by atoms with E-state index in [1.54, 1.807) is 11.8 Å². The van der Waals surface area contributed by atoms with Gasteiger partial charge in [-0.05, 0) is 62.3 Å². The third-order valence-corrected chi connectivity index (χ3v) is 5.28. The number of hydrogen-bond donors (Lipinski definition) is 1. The molecule has 0 spiro atoms. The van der Waals surface area contributed by atoms with E-state index in [4.69, 9.17) is 0 Å². The number of carbonyl (C=O) groups excluding carboxylic acids is 1. The number of fused-ring (bicyclic) bond motifs is 1. The minimum atomic E-state index is -0.0196. The van der Waals surface area contributed by atoms with Crippen LogP contribution in [0.25, 0.3) is 0 Å². The number of benzene rings is 1. The third kappa shape index (κ3) is 3.64. The number of nitrogens with zero attached hydrogens (tertiary/aromatic N) is 2. The zero-order valence-electron chi connectivity index (χ0n) is 15.1. The summed E-state index contributed by atoms with van der Waals surface area (Å²) in [5.74, 6) is -0.0196. The smallest absolute Gasteiger partial charge is 0.276 e. The van der Waals surface area contributed by atoms with Crippen molar-refractivity contribution in [1.29, 1.82) is 0 Å². The lowest BCUT2D eigenvalue weighted by Crippen LogP contribution is -2.29. The van der Waals surface area contributed by atoms with Gasteiger partial charge in [0, 0.05) is 18.8 Å².